The Hall–Kier alpha value is -2.08. The molecular weight excluding hydrogens is 313 g/mol. The molecule has 98 valence electrons. The van der Waals surface area contributed by atoms with Gasteiger partial charge in [0, 0.05) is 17.1 Å². The smallest absolute Gasteiger partial charge is 0.323 e. The molecule has 0 radical (unpaired) electrons. The van der Waals surface area contributed by atoms with Crippen molar-refractivity contribution in [3.63, 3.8) is 0 Å². The zero-order valence-corrected chi connectivity index (χ0v) is 11.4. The van der Waals surface area contributed by atoms with Crippen LogP contribution in [-0.2, 0) is 0 Å². The van der Waals surface area contributed by atoms with Crippen molar-refractivity contribution in [3.8, 4) is 0 Å². The van der Waals surface area contributed by atoms with Gasteiger partial charge in [-0.25, -0.2) is 9.18 Å². The maximum atomic E-state index is 13.3. The van der Waals surface area contributed by atoms with Crippen molar-refractivity contribution in [2.75, 3.05) is 16.4 Å². The lowest BCUT2D eigenvalue weighted by atomic mass is 10.3. The van der Waals surface area contributed by atoms with Crippen molar-refractivity contribution >= 4 is 39.0 Å². The second-order valence-electron chi connectivity index (χ2n) is 3.83. The van der Waals surface area contributed by atoms with Gasteiger partial charge >= 0.3 is 6.03 Å². The lowest BCUT2D eigenvalue weighted by Crippen LogP contribution is -2.19. The van der Waals surface area contributed by atoms with Crippen LogP contribution in [0.3, 0.4) is 0 Å². The number of benzene rings is 2. The highest BCUT2D eigenvalue weighted by Crippen LogP contribution is 2.19. The summed E-state index contributed by atoms with van der Waals surface area (Å²) in [5.74, 6) is -0.440. The Labute approximate surface area is 117 Å². The topological polar surface area (TPSA) is 67.1 Å². The summed E-state index contributed by atoms with van der Waals surface area (Å²) in [6, 6.07) is 10.6. The van der Waals surface area contributed by atoms with Gasteiger partial charge in [-0.3, -0.25) is 0 Å². The zero-order chi connectivity index (χ0) is 13.8. The van der Waals surface area contributed by atoms with Crippen LogP contribution in [0, 0.1) is 5.82 Å². The molecule has 0 atom stereocenters. The molecule has 0 aliphatic carbocycles. The van der Waals surface area contributed by atoms with Gasteiger partial charge in [-0.05, 0) is 58.4 Å². The highest BCUT2D eigenvalue weighted by atomic mass is 79.9. The molecule has 0 spiro atoms. The number of carbonyl (C=O) groups excluding carboxylic acids is 1. The molecule has 2 aromatic carbocycles. The van der Waals surface area contributed by atoms with Crippen LogP contribution in [0.25, 0.3) is 0 Å². The normalized spacial score (nSPS) is 10.0. The fourth-order valence-corrected chi connectivity index (χ4v) is 1.68. The number of carbonyl (C=O) groups is 1. The Morgan fingerprint density at radius 1 is 1.05 bits per heavy atom. The van der Waals surface area contributed by atoms with E-state index >= 15 is 0 Å². The summed E-state index contributed by atoms with van der Waals surface area (Å²) >= 11 is 3.04. The Morgan fingerprint density at radius 2 is 1.63 bits per heavy atom. The Kier molecular flexibility index (Phi) is 4.01. The number of rotatable bonds is 2. The molecule has 0 aliphatic heterocycles. The van der Waals surface area contributed by atoms with E-state index in [1.54, 1.807) is 30.3 Å². The first-order valence-corrected chi connectivity index (χ1v) is 6.22. The van der Waals surface area contributed by atoms with Gasteiger partial charge in [0.15, 0.2) is 0 Å². The van der Waals surface area contributed by atoms with Crippen molar-refractivity contribution in [3.05, 3.63) is 52.8 Å². The molecule has 0 heterocycles. The van der Waals surface area contributed by atoms with Crippen molar-refractivity contribution in [1.29, 1.82) is 0 Å². The number of hydrogen-bond donors (Lipinski definition) is 3. The van der Waals surface area contributed by atoms with Crippen LogP contribution in [-0.4, -0.2) is 6.03 Å². The average Bonchev–Trinajstić information content (AvgIpc) is 2.37. The van der Waals surface area contributed by atoms with E-state index in [0.29, 0.717) is 21.5 Å². The highest BCUT2D eigenvalue weighted by molar-refractivity contribution is 9.10. The van der Waals surface area contributed by atoms with Gasteiger partial charge < -0.3 is 16.4 Å². The van der Waals surface area contributed by atoms with E-state index in [9.17, 15) is 9.18 Å². The molecule has 0 fully saturated rings. The standard InChI is InChI=1S/C13H11BrFN3O/c14-11-6-5-10(7-12(11)15)18-13(19)17-9-3-1-8(16)2-4-9/h1-7H,16H2,(H2,17,18,19). The first-order valence-electron chi connectivity index (χ1n) is 5.43. The summed E-state index contributed by atoms with van der Waals surface area (Å²) in [6.45, 7) is 0. The molecular formula is C13H11BrFN3O. The Balaban J connectivity index is 2.01. The summed E-state index contributed by atoms with van der Waals surface area (Å²) in [5.41, 5.74) is 7.12. The SMILES string of the molecule is Nc1ccc(NC(=O)Nc2ccc(Br)c(F)c2)cc1. The maximum absolute atomic E-state index is 13.3. The number of hydrogen-bond acceptors (Lipinski definition) is 2. The van der Waals surface area contributed by atoms with Gasteiger partial charge in [0.1, 0.15) is 5.82 Å². The van der Waals surface area contributed by atoms with Crippen LogP contribution >= 0.6 is 15.9 Å². The summed E-state index contributed by atoms with van der Waals surface area (Å²) in [5, 5.41) is 5.14. The number of anilines is 3. The molecule has 0 saturated heterocycles. The monoisotopic (exact) mass is 323 g/mol. The summed E-state index contributed by atoms with van der Waals surface area (Å²) in [6.07, 6.45) is 0. The largest absolute Gasteiger partial charge is 0.399 e. The van der Waals surface area contributed by atoms with Crippen molar-refractivity contribution in [2.45, 2.75) is 0 Å². The third kappa shape index (κ3) is 3.69. The summed E-state index contributed by atoms with van der Waals surface area (Å²) in [7, 11) is 0. The molecule has 0 bridgehead atoms. The molecule has 4 N–H and O–H groups in total. The van der Waals surface area contributed by atoms with Gasteiger partial charge in [0.2, 0.25) is 0 Å². The molecule has 2 rings (SSSR count). The van der Waals surface area contributed by atoms with E-state index in [1.807, 2.05) is 0 Å². The van der Waals surface area contributed by atoms with Crippen LogP contribution in [0.1, 0.15) is 0 Å². The van der Waals surface area contributed by atoms with Crippen LogP contribution in [0.4, 0.5) is 26.2 Å². The second-order valence-corrected chi connectivity index (χ2v) is 4.68. The molecule has 2 amide bonds. The third-order valence-corrected chi connectivity index (χ3v) is 2.99. The van der Waals surface area contributed by atoms with Gasteiger partial charge in [-0.2, -0.15) is 0 Å². The first-order chi connectivity index (χ1) is 9.04. The Morgan fingerprint density at radius 3 is 2.26 bits per heavy atom. The van der Waals surface area contributed by atoms with Crippen LogP contribution < -0.4 is 16.4 Å². The first kappa shape index (κ1) is 13.4. The lowest BCUT2D eigenvalue weighted by Gasteiger charge is -2.08. The number of halogens is 2. The molecule has 19 heavy (non-hydrogen) atoms. The minimum atomic E-state index is -0.452. The van der Waals surface area contributed by atoms with E-state index < -0.39 is 11.8 Å². The average molecular weight is 324 g/mol. The van der Waals surface area contributed by atoms with Crippen molar-refractivity contribution in [1.82, 2.24) is 0 Å². The van der Waals surface area contributed by atoms with E-state index in [0.717, 1.165) is 0 Å². The molecule has 0 aliphatic rings. The predicted octanol–water partition coefficient (Wildman–Crippen LogP) is 3.81. The molecule has 0 aromatic heterocycles. The molecule has 4 nitrogen and oxygen atoms in total. The van der Waals surface area contributed by atoms with Gasteiger partial charge in [0.05, 0.1) is 4.47 Å². The predicted molar refractivity (Wildman–Crippen MR) is 77.6 cm³/mol. The number of nitrogens with two attached hydrogens (primary N) is 1. The van der Waals surface area contributed by atoms with Crippen molar-refractivity contribution < 1.29 is 9.18 Å². The van der Waals surface area contributed by atoms with E-state index in [4.69, 9.17) is 5.73 Å². The van der Waals surface area contributed by atoms with E-state index in [2.05, 4.69) is 26.6 Å². The van der Waals surface area contributed by atoms with E-state index in [-0.39, 0.29) is 0 Å². The maximum Gasteiger partial charge on any atom is 0.323 e. The second kappa shape index (κ2) is 5.71. The minimum absolute atomic E-state index is 0.344. The quantitative estimate of drug-likeness (QED) is 0.735. The summed E-state index contributed by atoms with van der Waals surface area (Å²) in [4.78, 5) is 11.7. The van der Waals surface area contributed by atoms with Crippen LogP contribution in [0.2, 0.25) is 0 Å². The minimum Gasteiger partial charge on any atom is -0.399 e. The number of amides is 2. The fraction of sp³-hybridized carbons (Fsp3) is 0. The van der Waals surface area contributed by atoms with Crippen molar-refractivity contribution in [2.24, 2.45) is 0 Å². The number of nitrogens with one attached hydrogen (secondary N) is 2. The highest BCUT2D eigenvalue weighted by Gasteiger charge is 2.05. The number of urea groups is 1. The van der Waals surface area contributed by atoms with Crippen LogP contribution in [0.5, 0.6) is 0 Å². The van der Waals surface area contributed by atoms with E-state index in [1.165, 1.54) is 12.1 Å². The molecule has 0 saturated carbocycles. The van der Waals surface area contributed by atoms with Gasteiger partial charge in [0.25, 0.3) is 0 Å². The molecule has 6 heteroatoms. The van der Waals surface area contributed by atoms with Gasteiger partial charge in [-0.15, -0.1) is 0 Å². The third-order valence-electron chi connectivity index (χ3n) is 2.35. The van der Waals surface area contributed by atoms with Gasteiger partial charge in [-0.1, -0.05) is 0 Å². The lowest BCUT2D eigenvalue weighted by molar-refractivity contribution is 0.262. The zero-order valence-electron chi connectivity index (χ0n) is 9.78. The molecule has 2 aromatic rings. The Bertz CT molecular complexity index is 601. The van der Waals surface area contributed by atoms with Crippen LogP contribution in [0.15, 0.2) is 46.9 Å². The number of nitrogen functional groups attached to an aromatic ring is 1. The fourth-order valence-electron chi connectivity index (χ4n) is 1.43. The summed E-state index contributed by atoms with van der Waals surface area (Å²) < 4.78 is 13.6. The molecule has 0 unspecified atom stereocenters.